The lowest BCUT2D eigenvalue weighted by Crippen LogP contribution is -2.40. The SMILES string of the molecule is CCN(CC)C(=O)CNCCN(CC)C1CC1. The van der Waals surface area contributed by atoms with Crippen molar-refractivity contribution in [3.8, 4) is 0 Å². The highest BCUT2D eigenvalue weighted by atomic mass is 16.2. The van der Waals surface area contributed by atoms with Crippen LogP contribution in [0.5, 0.6) is 0 Å². The van der Waals surface area contributed by atoms with Gasteiger partial charge in [-0.3, -0.25) is 9.69 Å². The highest BCUT2D eigenvalue weighted by molar-refractivity contribution is 5.78. The van der Waals surface area contributed by atoms with Crippen LogP contribution in [0.25, 0.3) is 0 Å². The second-order valence-electron chi connectivity index (χ2n) is 4.60. The molecule has 0 radical (unpaired) electrons. The number of nitrogens with zero attached hydrogens (tertiary/aromatic N) is 2. The molecule has 1 rings (SSSR count). The van der Waals surface area contributed by atoms with Crippen LogP contribution in [0.1, 0.15) is 33.6 Å². The zero-order chi connectivity index (χ0) is 12.7. The van der Waals surface area contributed by atoms with E-state index in [9.17, 15) is 4.79 Å². The minimum atomic E-state index is 0.212. The maximum Gasteiger partial charge on any atom is 0.236 e. The molecule has 0 unspecified atom stereocenters. The van der Waals surface area contributed by atoms with E-state index < -0.39 is 0 Å². The van der Waals surface area contributed by atoms with Crippen LogP contribution < -0.4 is 5.32 Å². The Labute approximate surface area is 105 Å². The fraction of sp³-hybridized carbons (Fsp3) is 0.923. The Hall–Kier alpha value is -0.610. The molecule has 0 atom stereocenters. The van der Waals surface area contributed by atoms with Crippen LogP contribution in [-0.4, -0.2) is 61.0 Å². The standard InChI is InChI=1S/C13H27N3O/c1-4-15(5-2)13(17)11-14-9-10-16(6-3)12-7-8-12/h12,14H,4-11H2,1-3H3. The topological polar surface area (TPSA) is 35.6 Å². The van der Waals surface area contributed by atoms with E-state index in [1.54, 1.807) is 0 Å². The molecule has 0 aromatic carbocycles. The Bertz CT molecular complexity index is 225. The van der Waals surface area contributed by atoms with Crippen LogP contribution in [0.2, 0.25) is 0 Å². The van der Waals surface area contributed by atoms with E-state index in [1.165, 1.54) is 12.8 Å². The summed E-state index contributed by atoms with van der Waals surface area (Å²) in [6.45, 7) is 11.4. The molecule has 1 amide bonds. The third kappa shape index (κ3) is 5.04. The summed E-state index contributed by atoms with van der Waals surface area (Å²) in [5, 5.41) is 3.25. The van der Waals surface area contributed by atoms with Gasteiger partial charge < -0.3 is 10.2 Å². The first-order valence-corrected chi connectivity index (χ1v) is 6.95. The van der Waals surface area contributed by atoms with Crippen molar-refractivity contribution in [2.75, 3.05) is 39.3 Å². The molecular formula is C13H27N3O. The van der Waals surface area contributed by atoms with Crippen LogP contribution >= 0.6 is 0 Å². The minimum Gasteiger partial charge on any atom is -0.342 e. The lowest BCUT2D eigenvalue weighted by atomic mass is 10.4. The number of nitrogens with one attached hydrogen (secondary N) is 1. The fourth-order valence-corrected chi connectivity index (χ4v) is 2.14. The number of rotatable bonds is 9. The first-order valence-electron chi connectivity index (χ1n) is 6.95. The van der Waals surface area contributed by atoms with Crippen molar-refractivity contribution in [3.63, 3.8) is 0 Å². The predicted molar refractivity (Wildman–Crippen MR) is 71.1 cm³/mol. The Morgan fingerprint density at radius 2 is 1.82 bits per heavy atom. The van der Waals surface area contributed by atoms with Crippen LogP contribution in [0.4, 0.5) is 0 Å². The normalized spacial score (nSPS) is 15.3. The summed E-state index contributed by atoms with van der Waals surface area (Å²) in [4.78, 5) is 16.1. The molecule has 0 heterocycles. The van der Waals surface area contributed by atoms with E-state index in [0.29, 0.717) is 6.54 Å². The van der Waals surface area contributed by atoms with Gasteiger partial charge in [0, 0.05) is 32.2 Å². The van der Waals surface area contributed by atoms with Crippen LogP contribution in [0.15, 0.2) is 0 Å². The van der Waals surface area contributed by atoms with Crippen LogP contribution in [0.3, 0.4) is 0 Å². The molecule has 1 N–H and O–H groups in total. The molecule has 100 valence electrons. The van der Waals surface area contributed by atoms with Crippen molar-refractivity contribution >= 4 is 5.91 Å². The highest BCUT2D eigenvalue weighted by Crippen LogP contribution is 2.25. The van der Waals surface area contributed by atoms with Gasteiger partial charge in [0.25, 0.3) is 0 Å². The molecule has 0 bridgehead atoms. The van der Waals surface area contributed by atoms with Crippen LogP contribution in [-0.2, 0) is 4.79 Å². The van der Waals surface area contributed by atoms with Crippen molar-refractivity contribution in [2.24, 2.45) is 0 Å². The Balaban J connectivity index is 2.08. The summed E-state index contributed by atoms with van der Waals surface area (Å²) < 4.78 is 0. The highest BCUT2D eigenvalue weighted by Gasteiger charge is 2.27. The van der Waals surface area contributed by atoms with E-state index in [0.717, 1.165) is 38.8 Å². The Kier molecular flexibility index (Phi) is 6.52. The Morgan fingerprint density at radius 3 is 2.29 bits per heavy atom. The number of likely N-dealkylation sites (N-methyl/N-ethyl adjacent to an activating group) is 2. The third-order valence-corrected chi connectivity index (χ3v) is 3.44. The van der Waals surface area contributed by atoms with E-state index in [1.807, 2.05) is 18.7 Å². The maximum atomic E-state index is 11.7. The second kappa shape index (κ2) is 7.67. The zero-order valence-electron chi connectivity index (χ0n) is 11.5. The van der Waals surface area contributed by atoms with Crippen molar-refractivity contribution in [1.29, 1.82) is 0 Å². The van der Waals surface area contributed by atoms with Gasteiger partial charge in [0.2, 0.25) is 5.91 Å². The monoisotopic (exact) mass is 241 g/mol. The van der Waals surface area contributed by atoms with Crippen molar-refractivity contribution in [3.05, 3.63) is 0 Å². The van der Waals surface area contributed by atoms with Gasteiger partial charge in [-0.25, -0.2) is 0 Å². The van der Waals surface area contributed by atoms with Gasteiger partial charge >= 0.3 is 0 Å². The van der Waals surface area contributed by atoms with E-state index in [4.69, 9.17) is 0 Å². The maximum absolute atomic E-state index is 11.7. The summed E-state index contributed by atoms with van der Waals surface area (Å²) >= 11 is 0. The van der Waals surface area contributed by atoms with E-state index in [-0.39, 0.29) is 5.91 Å². The smallest absolute Gasteiger partial charge is 0.236 e. The summed E-state index contributed by atoms with van der Waals surface area (Å²) in [6, 6.07) is 0.820. The molecule has 1 aliphatic carbocycles. The van der Waals surface area contributed by atoms with Gasteiger partial charge in [-0.1, -0.05) is 6.92 Å². The van der Waals surface area contributed by atoms with Crippen LogP contribution in [0, 0.1) is 0 Å². The van der Waals surface area contributed by atoms with Crippen molar-refractivity contribution in [1.82, 2.24) is 15.1 Å². The van der Waals surface area contributed by atoms with E-state index >= 15 is 0 Å². The molecule has 1 aliphatic rings. The summed E-state index contributed by atoms with van der Waals surface area (Å²) in [6.07, 6.45) is 2.71. The molecule has 0 aliphatic heterocycles. The van der Waals surface area contributed by atoms with E-state index in [2.05, 4.69) is 17.1 Å². The minimum absolute atomic E-state index is 0.212. The largest absolute Gasteiger partial charge is 0.342 e. The summed E-state index contributed by atoms with van der Waals surface area (Å²) in [5.74, 6) is 0.212. The average Bonchev–Trinajstić information content (AvgIpc) is 3.15. The number of hydrogen-bond acceptors (Lipinski definition) is 3. The number of carbonyl (C=O) groups excluding carboxylic acids is 1. The van der Waals surface area contributed by atoms with Gasteiger partial charge in [-0.05, 0) is 33.2 Å². The first-order chi connectivity index (χ1) is 8.22. The van der Waals surface area contributed by atoms with Gasteiger partial charge in [0.15, 0.2) is 0 Å². The molecule has 0 aromatic rings. The first kappa shape index (κ1) is 14.5. The lowest BCUT2D eigenvalue weighted by molar-refractivity contribution is -0.129. The molecule has 0 aromatic heterocycles. The fourth-order valence-electron chi connectivity index (χ4n) is 2.14. The zero-order valence-corrected chi connectivity index (χ0v) is 11.5. The second-order valence-corrected chi connectivity index (χ2v) is 4.60. The predicted octanol–water partition coefficient (Wildman–Crippen LogP) is 0.929. The molecular weight excluding hydrogens is 214 g/mol. The molecule has 4 heteroatoms. The average molecular weight is 241 g/mol. The molecule has 1 fully saturated rings. The lowest BCUT2D eigenvalue weighted by Gasteiger charge is -2.21. The molecule has 1 saturated carbocycles. The van der Waals surface area contributed by atoms with Gasteiger partial charge in [0.1, 0.15) is 0 Å². The molecule has 0 spiro atoms. The number of carbonyl (C=O) groups is 1. The van der Waals surface area contributed by atoms with Crippen molar-refractivity contribution < 1.29 is 4.79 Å². The summed E-state index contributed by atoms with van der Waals surface area (Å²) in [7, 11) is 0. The van der Waals surface area contributed by atoms with Gasteiger partial charge in [-0.15, -0.1) is 0 Å². The van der Waals surface area contributed by atoms with Gasteiger partial charge in [0.05, 0.1) is 6.54 Å². The quantitative estimate of drug-likeness (QED) is 0.610. The third-order valence-electron chi connectivity index (χ3n) is 3.44. The van der Waals surface area contributed by atoms with Crippen molar-refractivity contribution in [2.45, 2.75) is 39.7 Å². The number of amides is 1. The van der Waals surface area contributed by atoms with Gasteiger partial charge in [-0.2, -0.15) is 0 Å². The molecule has 0 saturated heterocycles. The Morgan fingerprint density at radius 1 is 1.18 bits per heavy atom. The molecule has 17 heavy (non-hydrogen) atoms. The molecule has 4 nitrogen and oxygen atoms in total. The number of hydrogen-bond donors (Lipinski definition) is 1. The summed E-state index contributed by atoms with van der Waals surface area (Å²) in [5.41, 5.74) is 0.